The molecule has 1 aliphatic carbocycles. The van der Waals surface area contributed by atoms with E-state index in [4.69, 9.17) is 0 Å². The molecule has 1 aromatic carbocycles. The molecule has 0 radical (unpaired) electrons. The fourth-order valence-corrected chi connectivity index (χ4v) is 3.01. The molecule has 1 heterocycles. The summed E-state index contributed by atoms with van der Waals surface area (Å²) < 4.78 is 0. The smallest absolute Gasteiger partial charge is 0.318 e. The number of carbonyl (C=O) groups is 1. The molecule has 1 aromatic heterocycles. The molecule has 4 nitrogen and oxygen atoms in total. The maximum Gasteiger partial charge on any atom is 0.318 e. The Morgan fingerprint density at radius 3 is 2.79 bits per heavy atom. The predicted molar refractivity (Wildman–Crippen MR) is 95.7 cm³/mol. The van der Waals surface area contributed by atoms with Crippen molar-refractivity contribution in [3.05, 3.63) is 65.0 Å². The number of pyridine rings is 1. The van der Waals surface area contributed by atoms with Gasteiger partial charge in [0.05, 0.1) is 6.04 Å². The van der Waals surface area contributed by atoms with Crippen molar-refractivity contribution in [2.75, 3.05) is 0 Å². The van der Waals surface area contributed by atoms with Gasteiger partial charge in [0.1, 0.15) is 0 Å². The number of hydrogen-bond acceptors (Lipinski definition) is 2. The molecule has 0 unspecified atom stereocenters. The molecule has 1 saturated carbocycles. The van der Waals surface area contributed by atoms with Crippen LogP contribution in [0.5, 0.6) is 0 Å². The van der Waals surface area contributed by atoms with Gasteiger partial charge in [0.15, 0.2) is 0 Å². The molecular weight excluding hydrogens is 298 g/mol. The Balaban J connectivity index is 1.70. The van der Waals surface area contributed by atoms with E-state index >= 15 is 0 Å². The van der Waals surface area contributed by atoms with Gasteiger partial charge in [-0.15, -0.1) is 0 Å². The number of amides is 2. The number of aromatic nitrogens is 1. The van der Waals surface area contributed by atoms with Gasteiger partial charge in [-0.2, -0.15) is 0 Å². The molecule has 24 heavy (non-hydrogen) atoms. The topological polar surface area (TPSA) is 45.2 Å². The van der Waals surface area contributed by atoms with Crippen LogP contribution in [0.2, 0.25) is 0 Å². The zero-order valence-electron chi connectivity index (χ0n) is 14.6. The lowest BCUT2D eigenvalue weighted by molar-refractivity contribution is 0.188. The number of nitrogens with one attached hydrogen (secondary N) is 1. The van der Waals surface area contributed by atoms with E-state index in [0.29, 0.717) is 12.6 Å². The summed E-state index contributed by atoms with van der Waals surface area (Å²) in [5.41, 5.74) is 4.67. The van der Waals surface area contributed by atoms with Gasteiger partial charge < -0.3 is 10.2 Å². The van der Waals surface area contributed by atoms with Crippen molar-refractivity contribution in [1.29, 1.82) is 0 Å². The van der Waals surface area contributed by atoms with Crippen molar-refractivity contribution in [3.63, 3.8) is 0 Å². The molecule has 4 heteroatoms. The minimum Gasteiger partial charge on any atom is -0.331 e. The molecule has 1 fully saturated rings. The first kappa shape index (κ1) is 16.5. The first-order valence-electron chi connectivity index (χ1n) is 8.58. The monoisotopic (exact) mass is 323 g/mol. The Morgan fingerprint density at radius 2 is 2.12 bits per heavy atom. The lowest BCUT2D eigenvalue weighted by atomic mass is 10.00. The molecule has 1 aliphatic rings. The van der Waals surface area contributed by atoms with Gasteiger partial charge in [0, 0.05) is 25.0 Å². The van der Waals surface area contributed by atoms with E-state index < -0.39 is 0 Å². The summed E-state index contributed by atoms with van der Waals surface area (Å²) >= 11 is 0. The number of rotatable bonds is 5. The normalized spacial score (nSPS) is 15.0. The van der Waals surface area contributed by atoms with Gasteiger partial charge in [-0.05, 0) is 56.4 Å². The predicted octanol–water partition coefficient (Wildman–Crippen LogP) is 4.13. The van der Waals surface area contributed by atoms with Crippen LogP contribution in [0.15, 0.2) is 42.7 Å². The maximum absolute atomic E-state index is 12.8. The standard InChI is InChI=1S/C20H25N3O/c1-14-6-7-15(2)19(11-14)16(3)22-20(24)23(18-8-9-18)13-17-5-4-10-21-12-17/h4-7,10-12,16,18H,8-9,13H2,1-3H3,(H,22,24)/t16-/m0/s1. The summed E-state index contributed by atoms with van der Waals surface area (Å²) in [7, 11) is 0. The van der Waals surface area contributed by atoms with E-state index in [-0.39, 0.29) is 12.1 Å². The zero-order chi connectivity index (χ0) is 17.1. The summed E-state index contributed by atoms with van der Waals surface area (Å²) in [6.45, 7) is 6.83. The molecule has 1 atom stereocenters. The molecular formula is C20H25N3O. The van der Waals surface area contributed by atoms with Crippen molar-refractivity contribution in [2.45, 2.75) is 52.2 Å². The van der Waals surface area contributed by atoms with Gasteiger partial charge >= 0.3 is 6.03 Å². The second-order valence-corrected chi connectivity index (χ2v) is 6.75. The highest BCUT2D eigenvalue weighted by Crippen LogP contribution is 2.29. The summed E-state index contributed by atoms with van der Waals surface area (Å²) in [6.07, 6.45) is 5.77. The Hall–Kier alpha value is -2.36. The fourth-order valence-electron chi connectivity index (χ4n) is 3.01. The Labute approximate surface area is 143 Å². The zero-order valence-corrected chi connectivity index (χ0v) is 14.6. The summed E-state index contributed by atoms with van der Waals surface area (Å²) in [5.74, 6) is 0. The van der Waals surface area contributed by atoms with Crippen LogP contribution in [0.3, 0.4) is 0 Å². The van der Waals surface area contributed by atoms with Crippen molar-refractivity contribution in [3.8, 4) is 0 Å². The minimum absolute atomic E-state index is 0.00690. The lowest BCUT2D eigenvalue weighted by Gasteiger charge is -2.26. The molecule has 0 spiro atoms. The second-order valence-electron chi connectivity index (χ2n) is 6.75. The molecule has 126 valence electrons. The molecule has 0 aliphatic heterocycles. The number of nitrogens with zero attached hydrogens (tertiary/aromatic N) is 2. The highest BCUT2D eigenvalue weighted by atomic mass is 16.2. The van der Waals surface area contributed by atoms with Gasteiger partial charge in [-0.3, -0.25) is 4.98 Å². The number of aryl methyl sites for hydroxylation is 2. The van der Waals surface area contributed by atoms with E-state index in [2.05, 4.69) is 49.3 Å². The van der Waals surface area contributed by atoms with Crippen LogP contribution in [0.4, 0.5) is 4.79 Å². The van der Waals surface area contributed by atoms with Gasteiger partial charge in [-0.25, -0.2) is 4.79 Å². The summed E-state index contributed by atoms with van der Waals surface area (Å²) in [6, 6.07) is 10.7. The SMILES string of the molecule is Cc1ccc(C)c([C@H](C)NC(=O)N(Cc2cccnc2)C2CC2)c1. The largest absolute Gasteiger partial charge is 0.331 e. The molecule has 0 saturated heterocycles. The quantitative estimate of drug-likeness (QED) is 0.899. The minimum atomic E-state index is -0.00690. The third-order valence-corrected chi connectivity index (χ3v) is 4.57. The van der Waals surface area contributed by atoms with Gasteiger partial charge in [0.25, 0.3) is 0 Å². The van der Waals surface area contributed by atoms with E-state index in [1.165, 1.54) is 16.7 Å². The fraction of sp³-hybridized carbons (Fsp3) is 0.400. The highest BCUT2D eigenvalue weighted by Gasteiger charge is 2.33. The van der Waals surface area contributed by atoms with Crippen LogP contribution in [0.25, 0.3) is 0 Å². The van der Waals surface area contributed by atoms with E-state index in [1.807, 2.05) is 23.2 Å². The van der Waals surface area contributed by atoms with Crippen LogP contribution >= 0.6 is 0 Å². The third-order valence-electron chi connectivity index (χ3n) is 4.57. The van der Waals surface area contributed by atoms with Crippen molar-refractivity contribution in [1.82, 2.24) is 15.2 Å². The summed E-state index contributed by atoms with van der Waals surface area (Å²) in [5, 5.41) is 3.17. The average molecular weight is 323 g/mol. The van der Waals surface area contributed by atoms with Crippen molar-refractivity contribution < 1.29 is 4.79 Å². The van der Waals surface area contributed by atoms with Gasteiger partial charge in [0.2, 0.25) is 0 Å². The van der Waals surface area contributed by atoms with E-state index in [9.17, 15) is 4.79 Å². The Morgan fingerprint density at radius 1 is 1.33 bits per heavy atom. The molecule has 2 aromatic rings. The average Bonchev–Trinajstić information content (AvgIpc) is 3.40. The highest BCUT2D eigenvalue weighted by molar-refractivity contribution is 5.75. The number of urea groups is 1. The maximum atomic E-state index is 12.8. The third kappa shape index (κ3) is 3.94. The first-order valence-corrected chi connectivity index (χ1v) is 8.58. The van der Waals surface area contributed by atoms with Crippen molar-refractivity contribution >= 4 is 6.03 Å². The summed E-state index contributed by atoms with van der Waals surface area (Å²) in [4.78, 5) is 18.9. The van der Waals surface area contributed by atoms with Gasteiger partial charge in [-0.1, -0.05) is 29.8 Å². The van der Waals surface area contributed by atoms with Crippen molar-refractivity contribution in [2.24, 2.45) is 0 Å². The van der Waals surface area contributed by atoms with Crippen LogP contribution in [-0.2, 0) is 6.54 Å². The van der Waals surface area contributed by atoms with Crippen LogP contribution < -0.4 is 5.32 Å². The van der Waals surface area contributed by atoms with Crippen LogP contribution in [0.1, 0.15) is 48.1 Å². The number of hydrogen-bond donors (Lipinski definition) is 1. The second kappa shape index (κ2) is 7.04. The lowest BCUT2D eigenvalue weighted by Crippen LogP contribution is -2.42. The number of benzene rings is 1. The molecule has 1 N–H and O–H groups in total. The molecule has 2 amide bonds. The van der Waals surface area contributed by atoms with Crippen LogP contribution in [0, 0.1) is 13.8 Å². The Bertz CT molecular complexity index is 710. The molecule has 0 bridgehead atoms. The molecule has 3 rings (SSSR count). The first-order chi connectivity index (χ1) is 11.5. The number of carbonyl (C=O) groups excluding carboxylic acids is 1. The van der Waals surface area contributed by atoms with E-state index in [1.54, 1.807) is 6.20 Å². The van der Waals surface area contributed by atoms with Crippen LogP contribution in [-0.4, -0.2) is 22.0 Å². The van der Waals surface area contributed by atoms with E-state index in [0.717, 1.165) is 18.4 Å². The Kier molecular flexibility index (Phi) is 4.84.